The molecule has 0 rings (SSSR count). The van der Waals surface area contributed by atoms with E-state index in [-0.39, 0.29) is 38.6 Å². The lowest BCUT2D eigenvalue weighted by molar-refractivity contribution is -0.141. The molecule has 29 heavy (non-hydrogen) atoms. The molecule has 1 atom stereocenters. The first kappa shape index (κ1) is 26.5. The van der Waals surface area contributed by atoms with Crippen LogP contribution in [0.15, 0.2) is 4.99 Å². The van der Waals surface area contributed by atoms with Gasteiger partial charge in [0.05, 0.1) is 18.9 Å². The van der Waals surface area contributed by atoms with Gasteiger partial charge in [0, 0.05) is 27.7 Å². The lowest BCUT2D eigenvalue weighted by atomic mass is 10.1. The molecule has 0 aliphatic heterocycles. The second-order valence-corrected chi connectivity index (χ2v) is 9.21. The summed E-state index contributed by atoms with van der Waals surface area (Å²) in [6.45, 7) is 5.72. The molecule has 0 saturated heterocycles. The van der Waals surface area contributed by atoms with Crippen molar-refractivity contribution in [1.29, 1.82) is 0 Å². The van der Waals surface area contributed by atoms with E-state index in [4.69, 9.17) is 9.47 Å². The summed E-state index contributed by atoms with van der Waals surface area (Å²) in [6.07, 6.45) is 0.340. The summed E-state index contributed by atoms with van der Waals surface area (Å²) in [5.41, 5.74) is 0. The topological polar surface area (TPSA) is 157 Å². The second kappa shape index (κ2) is 12.1. The summed E-state index contributed by atoms with van der Waals surface area (Å²) in [5, 5.41) is 4.59. The Morgan fingerprint density at radius 3 is 1.90 bits per heavy atom. The summed E-state index contributed by atoms with van der Waals surface area (Å²) in [7, 11) is -3.82. The van der Waals surface area contributed by atoms with Crippen molar-refractivity contribution in [2.45, 2.75) is 52.2 Å². The molecule has 0 aromatic carbocycles. The molecule has 2 N–H and O–H groups in total. The molecule has 0 aliphatic carbocycles. The van der Waals surface area contributed by atoms with Crippen LogP contribution in [0, 0.1) is 0 Å². The van der Waals surface area contributed by atoms with Crippen molar-refractivity contribution in [1.82, 2.24) is 10.6 Å². The molecule has 0 fully saturated rings. The largest absolute Gasteiger partial charge is 0.466 e. The highest BCUT2D eigenvalue weighted by Crippen LogP contribution is 2.25. The van der Waals surface area contributed by atoms with E-state index in [9.17, 15) is 27.6 Å². The Balaban J connectivity index is 5.27. The average molecular weight is 435 g/mol. The Labute approximate surface area is 170 Å². The second-order valence-electron chi connectivity index (χ2n) is 6.59. The third-order valence-corrected chi connectivity index (χ3v) is 6.25. The van der Waals surface area contributed by atoms with Gasteiger partial charge in [-0.05, 0) is 19.8 Å². The summed E-state index contributed by atoms with van der Waals surface area (Å²) >= 11 is 0. The number of hydrogen-bond acceptors (Lipinski definition) is 9. The van der Waals surface area contributed by atoms with Crippen molar-refractivity contribution in [2.24, 2.45) is 4.99 Å². The van der Waals surface area contributed by atoms with Crippen LogP contribution in [-0.2, 0) is 38.5 Å². The van der Waals surface area contributed by atoms with Crippen LogP contribution in [0.3, 0.4) is 0 Å². The van der Waals surface area contributed by atoms with Crippen molar-refractivity contribution in [3.63, 3.8) is 0 Å². The van der Waals surface area contributed by atoms with E-state index in [0.29, 0.717) is 0 Å². The molecule has 0 bridgehead atoms. The van der Waals surface area contributed by atoms with Crippen LogP contribution in [0.25, 0.3) is 0 Å². The van der Waals surface area contributed by atoms with Crippen molar-refractivity contribution in [2.75, 3.05) is 25.5 Å². The predicted molar refractivity (Wildman–Crippen MR) is 105 cm³/mol. The minimum Gasteiger partial charge on any atom is -0.466 e. The zero-order valence-corrected chi connectivity index (χ0v) is 18.2. The highest BCUT2D eigenvalue weighted by Gasteiger charge is 2.39. The van der Waals surface area contributed by atoms with Crippen LogP contribution >= 0.6 is 0 Å². The van der Waals surface area contributed by atoms with E-state index in [0.717, 1.165) is 0 Å². The number of ether oxygens (including phenoxy) is 2. The monoisotopic (exact) mass is 435 g/mol. The van der Waals surface area contributed by atoms with Gasteiger partial charge in [0.25, 0.3) is 0 Å². The number of rotatable bonds is 10. The predicted octanol–water partition coefficient (Wildman–Crippen LogP) is -0.305. The molecular weight excluding hydrogens is 406 g/mol. The van der Waals surface area contributed by atoms with Crippen molar-refractivity contribution < 1.29 is 37.1 Å². The molecule has 11 nitrogen and oxygen atoms in total. The van der Waals surface area contributed by atoms with Crippen molar-refractivity contribution in [3.05, 3.63) is 0 Å². The van der Waals surface area contributed by atoms with E-state index in [1.807, 2.05) is 0 Å². The number of sulfone groups is 1. The number of esters is 2. The van der Waals surface area contributed by atoms with E-state index in [2.05, 4.69) is 15.6 Å². The molecule has 166 valence electrons. The fourth-order valence-electron chi connectivity index (χ4n) is 2.20. The molecule has 0 heterocycles. The zero-order chi connectivity index (χ0) is 22.7. The van der Waals surface area contributed by atoms with Crippen LogP contribution in [-0.4, -0.2) is 68.4 Å². The molecule has 0 unspecified atom stereocenters. The standard InChI is InChI=1S/C17H29N3O8S/c1-12(21)19-16(20-13(2)22)18-8-10-29(25,26)17(5,11-28-15(4)24)7-6-9-27-14(3)23/h6-11H2,1-5H3,(H2,18,19,20,21,22)/t17-/m1/s1. The van der Waals surface area contributed by atoms with Gasteiger partial charge in [-0.1, -0.05) is 0 Å². The number of hydrogen-bond donors (Lipinski definition) is 2. The lowest BCUT2D eigenvalue weighted by Gasteiger charge is -2.28. The van der Waals surface area contributed by atoms with Gasteiger partial charge >= 0.3 is 11.9 Å². The Bertz CT molecular complexity index is 730. The number of carbonyl (C=O) groups is 4. The summed E-state index contributed by atoms with van der Waals surface area (Å²) in [6, 6.07) is 0. The SMILES string of the molecule is CC(=O)NC(=NCCS(=O)(=O)[C@](C)(CCCOC(C)=O)COC(C)=O)NC(C)=O. The van der Waals surface area contributed by atoms with Crippen LogP contribution in [0.4, 0.5) is 0 Å². The van der Waals surface area contributed by atoms with Crippen molar-refractivity contribution in [3.8, 4) is 0 Å². The van der Waals surface area contributed by atoms with Gasteiger partial charge in [-0.15, -0.1) is 0 Å². The molecule has 0 radical (unpaired) electrons. The number of amides is 2. The highest BCUT2D eigenvalue weighted by atomic mass is 32.2. The first-order valence-corrected chi connectivity index (χ1v) is 10.5. The minimum atomic E-state index is -3.82. The minimum absolute atomic E-state index is 0.0356. The molecule has 0 aromatic rings. The number of guanidine groups is 1. The van der Waals surface area contributed by atoms with Gasteiger partial charge in [-0.3, -0.25) is 34.8 Å². The molecule has 12 heteroatoms. The van der Waals surface area contributed by atoms with Crippen LogP contribution in [0.2, 0.25) is 0 Å². The van der Waals surface area contributed by atoms with Gasteiger partial charge in [-0.2, -0.15) is 0 Å². The zero-order valence-electron chi connectivity index (χ0n) is 17.4. The fraction of sp³-hybridized carbons (Fsp3) is 0.706. The van der Waals surface area contributed by atoms with E-state index >= 15 is 0 Å². The third kappa shape index (κ3) is 11.2. The number of carbonyl (C=O) groups excluding carboxylic acids is 4. The fourth-order valence-corrected chi connectivity index (χ4v) is 3.72. The van der Waals surface area contributed by atoms with Crippen LogP contribution in [0.5, 0.6) is 0 Å². The molecule has 0 aliphatic rings. The smallest absolute Gasteiger partial charge is 0.302 e. The Morgan fingerprint density at radius 2 is 1.45 bits per heavy atom. The van der Waals surface area contributed by atoms with Gasteiger partial charge in [0.1, 0.15) is 11.4 Å². The Kier molecular flexibility index (Phi) is 11.1. The third-order valence-electron chi connectivity index (χ3n) is 3.71. The molecule has 0 saturated carbocycles. The maximum Gasteiger partial charge on any atom is 0.302 e. The molecular formula is C17H29N3O8S. The van der Waals surface area contributed by atoms with E-state index in [1.165, 1.54) is 34.6 Å². The van der Waals surface area contributed by atoms with Gasteiger partial charge in [0.15, 0.2) is 9.84 Å². The summed E-state index contributed by atoms with van der Waals surface area (Å²) in [4.78, 5) is 48.2. The molecule has 0 spiro atoms. The van der Waals surface area contributed by atoms with E-state index < -0.39 is 44.1 Å². The van der Waals surface area contributed by atoms with Gasteiger partial charge in [-0.25, -0.2) is 8.42 Å². The van der Waals surface area contributed by atoms with Gasteiger partial charge < -0.3 is 9.47 Å². The quantitative estimate of drug-likeness (QED) is 0.205. The average Bonchev–Trinajstić information content (AvgIpc) is 2.55. The van der Waals surface area contributed by atoms with Crippen LogP contribution in [0.1, 0.15) is 47.5 Å². The van der Waals surface area contributed by atoms with Crippen molar-refractivity contribution >= 4 is 39.5 Å². The first-order valence-electron chi connectivity index (χ1n) is 8.88. The highest BCUT2D eigenvalue weighted by molar-refractivity contribution is 7.92. The summed E-state index contributed by atoms with van der Waals surface area (Å²) in [5.74, 6) is -2.63. The van der Waals surface area contributed by atoms with E-state index in [1.54, 1.807) is 0 Å². The summed E-state index contributed by atoms with van der Waals surface area (Å²) < 4.78 is 34.1. The van der Waals surface area contributed by atoms with Crippen LogP contribution < -0.4 is 10.6 Å². The Morgan fingerprint density at radius 1 is 0.931 bits per heavy atom. The number of nitrogens with one attached hydrogen (secondary N) is 2. The molecule has 0 aromatic heterocycles. The first-order chi connectivity index (χ1) is 13.3. The number of nitrogens with zero attached hydrogens (tertiary/aromatic N) is 1. The maximum absolute atomic E-state index is 12.9. The number of aliphatic imine (C=N–C) groups is 1. The normalized spacial score (nSPS) is 12.9. The van der Waals surface area contributed by atoms with Gasteiger partial charge in [0.2, 0.25) is 17.8 Å². The Hall–Kier alpha value is -2.50. The molecule has 2 amide bonds. The maximum atomic E-state index is 12.9. The lowest BCUT2D eigenvalue weighted by Crippen LogP contribution is -2.44.